The number of carbonyl (C=O) groups excluding carboxylic acids is 1. The number of aryl methyl sites for hydroxylation is 3. The highest BCUT2D eigenvalue weighted by atomic mass is 16.5. The van der Waals surface area contributed by atoms with Crippen molar-refractivity contribution in [3.63, 3.8) is 0 Å². The van der Waals surface area contributed by atoms with Gasteiger partial charge in [0.15, 0.2) is 0 Å². The molecule has 1 saturated heterocycles. The van der Waals surface area contributed by atoms with E-state index in [9.17, 15) is 4.79 Å². The summed E-state index contributed by atoms with van der Waals surface area (Å²) in [5.41, 5.74) is 5.53. The zero-order valence-corrected chi connectivity index (χ0v) is 17.5. The van der Waals surface area contributed by atoms with Crippen molar-refractivity contribution in [2.75, 3.05) is 6.54 Å². The van der Waals surface area contributed by atoms with Gasteiger partial charge in [0, 0.05) is 43.9 Å². The third-order valence-corrected chi connectivity index (χ3v) is 5.96. The summed E-state index contributed by atoms with van der Waals surface area (Å²) in [6.45, 7) is 4.63. The molecule has 2 atom stereocenters. The molecule has 1 unspecified atom stereocenters. The number of ether oxygens (including phenoxy) is 1. The zero-order chi connectivity index (χ0) is 21.0. The van der Waals surface area contributed by atoms with Crippen LogP contribution in [0.25, 0.3) is 33.2 Å². The lowest BCUT2D eigenvalue weighted by Crippen LogP contribution is -2.26. The van der Waals surface area contributed by atoms with Gasteiger partial charge < -0.3 is 14.6 Å². The molecule has 0 radical (unpaired) electrons. The summed E-state index contributed by atoms with van der Waals surface area (Å²) in [4.78, 5) is 21.0. The largest absolute Gasteiger partial charge is 0.473 e. The Kier molecular flexibility index (Phi) is 4.23. The fourth-order valence-corrected chi connectivity index (χ4v) is 4.20. The van der Waals surface area contributed by atoms with Gasteiger partial charge in [-0.05, 0) is 32.0 Å². The van der Waals surface area contributed by atoms with Gasteiger partial charge >= 0.3 is 0 Å². The molecular weight excluding hydrogens is 380 g/mol. The molecule has 0 bridgehead atoms. The van der Waals surface area contributed by atoms with Gasteiger partial charge in [-0.2, -0.15) is 5.10 Å². The van der Waals surface area contributed by atoms with Crippen molar-refractivity contribution in [1.29, 1.82) is 0 Å². The third-order valence-electron chi connectivity index (χ3n) is 5.96. The minimum atomic E-state index is -0.146. The van der Waals surface area contributed by atoms with Crippen LogP contribution < -0.4 is 10.1 Å². The predicted octanol–water partition coefficient (Wildman–Crippen LogP) is 2.73. The van der Waals surface area contributed by atoms with Crippen LogP contribution in [-0.2, 0) is 18.9 Å². The first-order valence-electron chi connectivity index (χ1n) is 10.1. The number of amides is 1. The number of aromatic nitrogens is 5. The number of imidazole rings is 1. The Morgan fingerprint density at radius 3 is 2.87 bits per heavy atom. The lowest BCUT2D eigenvalue weighted by atomic mass is 10.0. The second kappa shape index (κ2) is 6.83. The average Bonchev–Trinajstić information content (AvgIpc) is 3.40. The van der Waals surface area contributed by atoms with Crippen molar-refractivity contribution in [2.45, 2.75) is 26.4 Å². The Morgan fingerprint density at radius 2 is 2.10 bits per heavy atom. The Bertz CT molecular complexity index is 1290. The molecule has 0 aliphatic carbocycles. The summed E-state index contributed by atoms with van der Waals surface area (Å²) in [5, 5.41) is 8.49. The molecule has 1 aliphatic heterocycles. The summed E-state index contributed by atoms with van der Waals surface area (Å²) in [5.74, 6) is 0.737. The number of carbonyl (C=O) groups is 1. The number of nitrogens with zero attached hydrogens (tertiary/aromatic N) is 5. The first kappa shape index (κ1) is 18.6. The zero-order valence-electron chi connectivity index (χ0n) is 17.5. The Hall–Kier alpha value is -3.42. The average molecular weight is 404 g/mol. The predicted molar refractivity (Wildman–Crippen MR) is 114 cm³/mol. The molecule has 0 saturated carbocycles. The number of nitrogens with one attached hydrogen (secondary N) is 1. The minimum Gasteiger partial charge on any atom is -0.473 e. The highest BCUT2D eigenvalue weighted by Gasteiger charge is 2.29. The van der Waals surface area contributed by atoms with Crippen molar-refractivity contribution >= 4 is 27.8 Å². The highest BCUT2D eigenvalue weighted by Crippen LogP contribution is 2.32. The number of fused-ring (bicyclic) bond motifs is 2. The Labute approximate surface area is 173 Å². The van der Waals surface area contributed by atoms with Crippen LogP contribution in [0.1, 0.15) is 19.0 Å². The molecule has 1 N–H and O–H groups in total. The molecule has 5 rings (SSSR count). The maximum absolute atomic E-state index is 11.6. The van der Waals surface area contributed by atoms with E-state index in [0.29, 0.717) is 18.8 Å². The van der Waals surface area contributed by atoms with Gasteiger partial charge in [-0.3, -0.25) is 9.48 Å². The van der Waals surface area contributed by atoms with Crippen molar-refractivity contribution in [3.8, 4) is 17.1 Å². The molecule has 30 heavy (non-hydrogen) atoms. The van der Waals surface area contributed by atoms with Gasteiger partial charge in [0.25, 0.3) is 0 Å². The van der Waals surface area contributed by atoms with Crippen molar-refractivity contribution in [2.24, 2.45) is 20.0 Å². The van der Waals surface area contributed by atoms with Crippen LogP contribution in [-0.4, -0.2) is 42.9 Å². The highest BCUT2D eigenvalue weighted by molar-refractivity contribution is 5.89. The first-order valence-corrected chi connectivity index (χ1v) is 10.1. The number of pyridine rings is 1. The van der Waals surface area contributed by atoms with E-state index in [1.807, 2.05) is 49.3 Å². The van der Waals surface area contributed by atoms with E-state index in [-0.39, 0.29) is 17.9 Å². The summed E-state index contributed by atoms with van der Waals surface area (Å²) in [6, 6.07) is 8.21. The lowest BCUT2D eigenvalue weighted by molar-refractivity contribution is -0.119. The van der Waals surface area contributed by atoms with Crippen LogP contribution in [0.5, 0.6) is 5.88 Å². The smallest absolute Gasteiger partial charge is 0.241 e. The maximum Gasteiger partial charge on any atom is 0.241 e. The summed E-state index contributed by atoms with van der Waals surface area (Å²) < 4.78 is 10.1. The van der Waals surface area contributed by atoms with E-state index in [1.54, 1.807) is 6.33 Å². The fraction of sp³-hybridized carbons (Fsp3) is 0.364. The van der Waals surface area contributed by atoms with Gasteiger partial charge in [0.1, 0.15) is 11.6 Å². The molecule has 0 spiro atoms. The van der Waals surface area contributed by atoms with Crippen LogP contribution in [0.2, 0.25) is 0 Å². The molecule has 1 fully saturated rings. The number of benzene rings is 1. The molecule has 8 nitrogen and oxygen atoms in total. The van der Waals surface area contributed by atoms with Crippen LogP contribution >= 0.6 is 0 Å². The third kappa shape index (κ3) is 2.99. The second-order valence-corrected chi connectivity index (χ2v) is 8.07. The van der Waals surface area contributed by atoms with Crippen molar-refractivity contribution in [1.82, 2.24) is 29.6 Å². The molecule has 1 aliphatic rings. The van der Waals surface area contributed by atoms with E-state index < -0.39 is 0 Å². The Balaban J connectivity index is 1.58. The van der Waals surface area contributed by atoms with Crippen LogP contribution in [0, 0.1) is 12.8 Å². The van der Waals surface area contributed by atoms with Crippen LogP contribution in [0.15, 0.2) is 30.6 Å². The van der Waals surface area contributed by atoms with E-state index in [1.165, 1.54) is 0 Å². The van der Waals surface area contributed by atoms with E-state index in [4.69, 9.17) is 9.72 Å². The summed E-state index contributed by atoms with van der Waals surface area (Å²) in [6.07, 6.45) is 2.10. The second-order valence-electron chi connectivity index (χ2n) is 8.07. The topological polar surface area (TPSA) is 86.9 Å². The maximum atomic E-state index is 11.6. The molecule has 3 aromatic heterocycles. The van der Waals surface area contributed by atoms with E-state index in [0.717, 1.165) is 38.9 Å². The van der Waals surface area contributed by atoms with Crippen molar-refractivity contribution in [3.05, 3.63) is 36.3 Å². The van der Waals surface area contributed by atoms with Gasteiger partial charge in [-0.1, -0.05) is 6.07 Å². The number of hydrogen-bond acceptors (Lipinski definition) is 5. The number of rotatable bonds is 4. The van der Waals surface area contributed by atoms with E-state index >= 15 is 0 Å². The van der Waals surface area contributed by atoms with Crippen LogP contribution in [0.3, 0.4) is 0 Å². The SMILES string of the molecule is Cc1nn(C)c2ccc(-c3cc4ncn(C)c4c(OC(C)[C@H]4CNC(=O)C4)n3)cc12. The molecule has 4 aromatic rings. The first-order chi connectivity index (χ1) is 14.4. The molecule has 4 heterocycles. The normalized spacial score (nSPS) is 17.6. The molecule has 1 aromatic carbocycles. The number of hydrogen-bond donors (Lipinski definition) is 1. The summed E-state index contributed by atoms with van der Waals surface area (Å²) >= 11 is 0. The van der Waals surface area contributed by atoms with Crippen LogP contribution in [0.4, 0.5) is 0 Å². The fourth-order valence-electron chi connectivity index (χ4n) is 4.20. The lowest BCUT2D eigenvalue weighted by Gasteiger charge is -2.20. The van der Waals surface area contributed by atoms with Gasteiger partial charge in [-0.15, -0.1) is 0 Å². The molecule has 1 amide bonds. The molecular formula is C22H24N6O2. The molecule has 154 valence electrons. The Morgan fingerprint density at radius 1 is 1.27 bits per heavy atom. The van der Waals surface area contributed by atoms with E-state index in [2.05, 4.69) is 27.5 Å². The summed E-state index contributed by atoms with van der Waals surface area (Å²) in [7, 11) is 3.88. The van der Waals surface area contributed by atoms with Gasteiger partial charge in [0.05, 0.1) is 28.7 Å². The van der Waals surface area contributed by atoms with Gasteiger partial charge in [0.2, 0.25) is 11.8 Å². The van der Waals surface area contributed by atoms with Gasteiger partial charge in [-0.25, -0.2) is 9.97 Å². The standard InChI is InChI=1S/C22H24N6O2/c1-12-16-7-14(5-6-19(16)28(4)26-12)17-9-18-21(27(3)11-24-18)22(25-17)30-13(2)15-8-20(29)23-10-15/h5-7,9,11,13,15H,8,10H2,1-4H3,(H,23,29)/t13?,15-/m1/s1. The quantitative estimate of drug-likeness (QED) is 0.565. The van der Waals surface area contributed by atoms with Crippen molar-refractivity contribution < 1.29 is 9.53 Å². The minimum absolute atomic E-state index is 0.0722. The molecule has 8 heteroatoms. The monoisotopic (exact) mass is 404 g/mol.